The number of nitrogens with one attached hydrogen (secondary N) is 6. The van der Waals surface area contributed by atoms with Gasteiger partial charge in [0.25, 0.3) is 0 Å². The summed E-state index contributed by atoms with van der Waals surface area (Å²) < 4.78 is 0. The van der Waals surface area contributed by atoms with Crippen LogP contribution < -0.4 is 49.5 Å². The number of aliphatic imine (C=N–C) groups is 1. The maximum absolute atomic E-state index is 14.2. The predicted octanol–water partition coefficient (Wildman–Crippen LogP) is -1.66. The maximum Gasteiger partial charge on any atom is 0.326 e. The summed E-state index contributed by atoms with van der Waals surface area (Å²) in [4.78, 5) is 111. The number of aromatic nitrogens is 1. The van der Waals surface area contributed by atoms with E-state index in [4.69, 9.17) is 22.9 Å². The molecule has 0 saturated heterocycles. The molecule has 16 N–H and O–H groups in total. The summed E-state index contributed by atoms with van der Waals surface area (Å²) in [6, 6.07) is 7.08. The van der Waals surface area contributed by atoms with Crippen molar-refractivity contribution in [2.45, 2.75) is 87.6 Å². The second-order valence-corrected chi connectivity index (χ2v) is 15.3. The van der Waals surface area contributed by atoms with Crippen LogP contribution in [0.1, 0.15) is 49.7 Å². The molecule has 1 heterocycles. The van der Waals surface area contributed by atoms with Crippen molar-refractivity contribution in [2.24, 2.45) is 27.9 Å². The van der Waals surface area contributed by atoms with Crippen molar-refractivity contribution in [3.8, 4) is 0 Å². The molecule has 0 saturated carbocycles. The smallest absolute Gasteiger partial charge is 0.326 e. The molecule has 1 aromatic heterocycles. The Morgan fingerprint density at radius 3 is 1.87 bits per heavy atom. The molecule has 62 heavy (non-hydrogen) atoms. The SMILES string of the molecule is CSCC[C@H](N)C(=O)N[C@@H](CC(=O)O)C(=O)N[C@@H](CCC(N)=O)C(=O)N[C@@H](Cc1ccccc1)C(=O)N[C@@H](CCCN=C(N)N)C(=O)N[C@@H](Cc1c[nH]c2ccccc12)C(=O)O. The van der Waals surface area contributed by atoms with E-state index in [0.717, 1.165) is 10.9 Å². The number of primary amides is 1. The van der Waals surface area contributed by atoms with Crippen molar-refractivity contribution >= 4 is 76.0 Å². The minimum Gasteiger partial charge on any atom is -0.481 e. The Kier molecular flexibility index (Phi) is 20.2. The molecule has 6 amide bonds. The number of carbonyl (C=O) groups excluding carboxylic acids is 6. The quantitative estimate of drug-likeness (QED) is 0.0232. The number of aromatic amines is 1. The third-order valence-electron chi connectivity index (χ3n) is 9.50. The van der Waals surface area contributed by atoms with Gasteiger partial charge in [-0.15, -0.1) is 0 Å². The molecule has 22 heteroatoms. The van der Waals surface area contributed by atoms with Gasteiger partial charge in [-0.05, 0) is 54.9 Å². The van der Waals surface area contributed by atoms with Crippen molar-refractivity contribution in [3.63, 3.8) is 0 Å². The normalized spacial score (nSPS) is 13.8. The summed E-state index contributed by atoms with van der Waals surface area (Å²) in [5.41, 5.74) is 24.1. The molecule has 0 aliphatic rings. The molecule has 3 aromatic rings. The van der Waals surface area contributed by atoms with Crippen LogP contribution in [0.3, 0.4) is 0 Å². The van der Waals surface area contributed by atoms with E-state index in [9.17, 15) is 48.6 Å². The molecular weight excluding hydrogens is 827 g/mol. The van der Waals surface area contributed by atoms with E-state index in [1.54, 1.807) is 54.9 Å². The summed E-state index contributed by atoms with van der Waals surface area (Å²) >= 11 is 1.42. The van der Waals surface area contributed by atoms with Crippen molar-refractivity contribution in [3.05, 3.63) is 71.9 Å². The minimum absolute atomic E-state index is 0.0537. The van der Waals surface area contributed by atoms with Gasteiger partial charge in [-0.3, -0.25) is 38.6 Å². The predicted molar refractivity (Wildman–Crippen MR) is 231 cm³/mol. The zero-order valence-corrected chi connectivity index (χ0v) is 35.0. The largest absolute Gasteiger partial charge is 0.481 e. The second kappa shape index (κ2) is 25.2. The Balaban J connectivity index is 1.90. The van der Waals surface area contributed by atoms with Crippen LogP contribution in [0.5, 0.6) is 0 Å². The number of guanidine groups is 1. The van der Waals surface area contributed by atoms with E-state index < -0.39 is 103 Å². The van der Waals surface area contributed by atoms with Crippen molar-refractivity contribution in [2.75, 3.05) is 18.6 Å². The van der Waals surface area contributed by atoms with Crippen LogP contribution in [0.2, 0.25) is 0 Å². The topological polar surface area (TPSA) is 369 Å². The van der Waals surface area contributed by atoms with Gasteiger partial charge in [-0.1, -0.05) is 48.5 Å². The van der Waals surface area contributed by atoms with Gasteiger partial charge in [-0.25, -0.2) is 4.79 Å². The Morgan fingerprint density at radius 1 is 0.694 bits per heavy atom. The number of aliphatic carboxylic acids is 2. The fraction of sp³-hybridized carbons (Fsp3) is 0.425. The number of thioether (sulfide) groups is 1. The van der Waals surface area contributed by atoms with E-state index in [0.29, 0.717) is 16.9 Å². The minimum atomic E-state index is -1.68. The van der Waals surface area contributed by atoms with Gasteiger partial charge in [0.2, 0.25) is 35.4 Å². The van der Waals surface area contributed by atoms with Gasteiger partial charge in [0, 0.05) is 42.9 Å². The van der Waals surface area contributed by atoms with Crippen LogP contribution in [0.15, 0.2) is 65.8 Å². The highest BCUT2D eigenvalue weighted by molar-refractivity contribution is 7.98. The standard InChI is InChI=1S/C40H55N11O10S/c1-62-17-15-25(41)34(55)49-30(20-33(53)54)38(59)48-28(13-14-32(42)52)36(57)50-29(18-22-8-3-2-4-9-22)37(58)47-27(12-7-16-45-40(43)44)35(56)51-31(39(60)61)19-23-21-46-26-11-6-5-10-24(23)26/h2-6,8-11,21,25,27-31,46H,7,12-20,41H2,1H3,(H2,42,52)(H,47,58)(H,48,59)(H,49,55)(H,50,57)(H,51,56)(H,53,54)(H,60,61)(H4,43,44,45)/t25-,27-,28-,29-,30-,31-/m0/s1. The molecule has 0 bridgehead atoms. The van der Waals surface area contributed by atoms with Crippen LogP contribution >= 0.6 is 11.8 Å². The van der Waals surface area contributed by atoms with Crippen LogP contribution in [0, 0.1) is 0 Å². The lowest BCUT2D eigenvalue weighted by Crippen LogP contribution is -2.60. The number of nitrogens with zero attached hydrogens (tertiary/aromatic N) is 1. The third kappa shape index (κ3) is 16.8. The van der Waals surface area contributed by atoms with Crippen molar-refractivity contribution in [1.29, 1.82) is 0 Å². The molecule has 2 aromatic carbocycles. The van der Waals surface area contributed by atoms with Crippen LogP contribution in [0.4, 0.5) is 0 Å². The summed E-state index contributed by atoms with van der Waals surface area (Å²) in [6.07, 6.45) is 1.80. The molecule has 0 unspecified atom stereocenters. The number of carboxylic acids is 2. The Labute approximate surface area is 361 Å². The van der Waals surface area contributed by atoms with Gasteiger partial charge in [0.05, 0.1) is 12.5 Å². The lowest BCUT2D eigenvalue weighted by molar-refractivity contribution is -0.142. The monoisotopic (exact) mass is 881 g/mol. The van der Waals surface area contributed by atoms with E-state index in [1.807, 2.05) is 12.1 Å². The van der Waals surface area contributed by atoms with E-state index in [-0.39, 0.29) is 44.6 Å². The first-order valence-corrected chi connectivity index (χ1v) is 21.0. The van der Waals surface area contributed by atoms with E-state index >= 15 is 0 Å². The van der Waals surface area contributed by atoms with Gasteiger partial charge in [0.15, 0.2) is 5.96 Å². The summed E-state index contributed by atoms with van der Waals surface area (Å²) in [7, 11) is 0. The van der Waals surface area contributed by atoms with Gasteiger partial charge < -0.3 is 64.7 Å². The average Bonchev–Trinajstić information content (AvgIpc) is 3.63. The zero-order chi connectivity index (χ0) is 45.8. The summed E-state index contributed by atoms with van der Waals surface area (Å²) in [5, 5.41) is 32.8. The highest BCUT2D eigenvalue weighted by Gasteiger charge is 2.34. The Hall–Kier alpha value is -6.68. The number of carboxylic acid groups (broad SMARTS) is 2. The second-order valence-electron chi connectivity index (χ2n) is 14.3. The lowest BCUT2D eigenvalue weighted by atomic mass is 10.0. The molecule has 6 atom stereocenters. The summed E-state index contributed by atoms with van der Waals surface area (Å²) in [5.74, 6) is -7.97. The Bertz CT molecular complexity index is 2060. The highest BCUT2D eigenvalue weighted by Crippen LogP contribution is 2.19. The van der Waals surface area contributed by atoms with Crippen LogP contribution in [-0.2, 0) is 51.2 Å². The van der Waals surface area contributed by atoms with Gasteiger partial charge in [0.1, 0.15) is 30.2 Å². The van der Waals surface area contributed by atoms with Crippen molar-refractivity contribution in [1.82, 2.24) is 31.6 Å². The van der Waals surface area contributed by atoms with Crippen LogP contribution in [-0.4, -0.2) is 123 Å². The molecule has 0 aliphatic heterocycles. The first-order chi connectivity index (χ1) is 29.5. The maximum atomic E-state index is 14.2. The number of nitrogens with two attached hydrogens (primary N) is 4. The van der Waals surface area contributed by atoms with Gasteiger partial charge >= 0.3 is 11.9 Å². The molecular formula is C40H55N11O10S. The number of H-pyrrole nitrogens is 1. The molecule has 3 rings (SSSR count). The molecule has 0 spiro atoms. The third-order valence-corrected chi connectivity index (χ3v) is 10.1. The van der Waals surface area contributed by atoms with Crippen LogP contribution in [0.25, 0.3) is 10.9 Å². The van der Waals surface area contributed by atoms with Gasteiger partial charge in [-0.2, -0.15) is 11.8 Å². The average molecular weight is 882 g/mol. The number of benzene rings is 2. The lowest BCUT2D eigenvalue weighted by Gasteiger charge is -2.27. The molecule has 0 aliphatic carbocycles. The Morgan fingerprint density at radius 2 is 1.26 bits per heavy atom. The molecule has 21 nitrogen and oxygen atoms in total. The number of fused-ring (bicyclic) bond motifs is 1. The summed E-state index contributed by atoms with van der Waals surface area (Å²) in [6.45, 7) is 0.0537. The number of amides is 6. The molecule has 0 radical (unpaired) electrons. The number of hydrogen-bond donors (Lipinski definition) is 12. The fourth-order valence-corrected chi connectivity index (χ4v) is 6.72. The van der Waals surface area contributed by atoms with E-state index in [1.165, 1.54) is 11.8 Å². The number of rotatable bonds is 27. The highest BCUT2D eigenvalue weighted by atomic mass is 32.2. The molecule has 336 valence electrons. The fourth-order valence-electron chi connectivity index (χ4n) is 6.24. The first-order valence-electron chi connectivity index (χ1n) is 19.6. The number of carbonyl (C=O) groups is 8. The number of hydrogen-bond acceptors (Lipinski definition) is 11. The number of para-hydroxylation sites is 1. The first kappa shape index (κ1) is 49.7. The van der Waals surface area contributed by atoms with E-state index in [2.05, 4.69) is 36.6 Å². The van der Waals surface area contributed by atoms with Crippen molar-refractivity contribution < 1.29 is 48.6 Å². The zero-order valence-electron chi connectivity index (χ0n) is 34.1. The molecule has 0 fully saturated rings.